The summed E-state index contributed by atoms with van der Waals surface area (Å²) in [6.45, 7) is 3.67. The number of aromatic nitrogens is 4. The van der Waals surface area contributed by atoms with Crippen molar-refractivity contribution in [3.8, 4) is 28.4 Å². The van der Waals surface area contributed by atoms with Gasteiger partial charge in [-0.1, -0.05) is 19.1 Å². The van der Waals surface area contributed by atoms with Crippen molar-refractivity contribution in [1.82, 2.24) is 30.0 Å². The molecule has 4 aromatic rings. The molecule has 1 atom stereocenters. The van der Waals surface area contributed by atoms with Gasteiger partial charge in [-0.05, 0) is 61.5 Å². The van der Waals surface area contributed by atoms with Crippen molar-refractivity contribution in [3.05, 3.63) is 53.3 Å². The largest absolute Gasteiger partial charge is 0.508 e. The van der Waals surface area contributed by atoms with Crippen LogP contribution in [0.5, 0.6) is 5.75 Å². The van der Waals surface area contributed by atoms with E-state index in [0.717, 1.165) is 51.1 Å². The Morgan fingerprint density at radius 2 is 2.09 bits per heavy atom. The summed E-state index contributed by atoms with van der Waals surface area (Å²) in [5.41, 5.74) is 12.9. The highest BCUT2D eigenvalue weighted by molar-refractivity contribution is 5.94. The molecule has 0 saturated heterocycles. The average Bonchev–Trinajstić information content (AvgIpc) is 3.45. The van der Waals surface area contributed by atoms with Gasteiger partial charge in [0.15, 0.2) is 5.82 Å². The van der Waals surface area contributed by atoms with Crippen LogP contribution >= 0.6 is 0 Å². The molecule has 5 rings (SSSR count). The first kappa shape index (κ1) is 23.1. The standard InChI is InChI=1S/C26H31N7O2/c1-4-15-11-17(34)6-8-18(15)16-5-7-19-22(12-16)30-31-24(19)25-28-21-9-10-33(14-23(21)29-25)26(35)20(27)13-32(2)3/h5-8,11-12,20,34H,4,9-10,13-14,27H2,1-3H3,(H,28,29)(H,30,31)/t20-/m0/s1. The van der Waals surface area contributed by atoms with E-state index in [4.69, 9.17) is 10.7 Å². The SMILES string of the molecule is CCc1cc(O)ccc1-c1ccc2c(-c3nc4c([nH]3)CN(C(=O)[C@@H](N)CN(C)C)CC4)n[nH]c2c1. The Labute approximate surface area is 204 Å². The third-order valence-corrected chi connectivity index (χ3v) is 6.59. The molecule has 2 aromatic heterocycles. The predicted molar refractivity (Wildman–Crippen MR) is 136 cm³/mol. The van der Waals surface area contributed by atoms with Crippen molar-refractivity contribution < 1.29 is 9.90 Å². The van der Waals surface area contributed by atoms with Crippen LogP contribution < -0.4 is 5.73 Å². The molecule has 5 N–H and O–H groups in total. The lowest BCUT2D eigenvalue weighted by atomic mass is 9.97. The van der Waals surface area contributed by atoms with Crippen LogP contribution in [0.4, 0.5) is 0 Å². The Morgan fingerprint density at radius 3 is 2.86 bits per heavy atom. The molecule has 0 radical (unpaired) electrons. The van der Waals surface area contributed by atoms with E-state index >= 15 is 0 Å². The van der Waals surface area contributed by atoms with Gasteiger partial charge in [-0.3, -0.25) is 9.89 Å². The van der Waals surface area contributed by atoms with Crippen molar-refractivity contribution in [2.75, 3.05) is 27.2 Å². The fraction of sp³-hybridized carbons (Fsp3) is 0.346. The highest BCUT2D eigenvalue weighted by Gasteiger charge is 2.28. The fourth-order valence-corrected chi connectivity index (χ4v) is 4.82. The third-order valence-electron chi connectivity index (χ3n) is 6.59. The number of amides is 1. The van der Waals surface area contributed by atoms with Gasteiger partial charge in [-0.15, -0.1) is 0 Å². The minimum atomic E-state index is -0.541. The molecule has 0 spiro atoms. The summed E-state index contributed by atoms with van der Waals surface area (Å²) in [7, 11) is 3.82. The molecular formula is C26H31N7O2. The number of aromatic amines is 2. The van der Waals surface area contributed by atoms with Gasteiger partial charge >= 0.3 is 0 Å². The number of aromatic hydroxyl groups is 1. The summed E-state index contributed by atoms with van der Waals surface area (Å²) in [5, 5.41) is 18.5. The van der Waals surface area contributed by atoms with Crippen molar-refractivity contribution >= 4 is 16.8 Å². The van der Waals surface area contributed by atoms with Gasteiger partial charge in [0.2, 0.25) is 5.91 Å². The van der Waals surface area contributed by atoms with Crippen LogP contribution in [0.2, 0.25) is 0 Å². The van der Waals surface area contributed by atoms with Crippen LogP contribution in [0.15, 0.2) is 36.4 Å². The normalized spacial score (nSPS) is 14.5. The minimum absolute atomic E-state index is 0.0427. The average molecular weight is 474 g/mol. The smallest absolute Gasteiger partial charge is 0.241 e. The molecule has 0 aliphatic carbocycles. The van der Waals surface area contributed by atoms with Crippen molar-refractivity contribution in [1.29, 1.82) is 0 Å². The summed E-state index contributed by atoms with van der Waals surface area (Å²) < 4.78 is 0. The van der Waals surface area contributed by atoms with Crippen LogP contribution in [0.3, 0.4) is 0 Å². The van der Waals surface area contributed by atoms with Crippen LogP contribution in [-0.2, 0) is 24.2 Å². The maximum Gasteiger partial charge on any atom is 0.241 e. The number of H-pyrrole nitrogens is 2. The lowest BCUT2D eigenvalue weighted by Gasteiger charge is -2.29. The summed E-state index contributed by atoms with van der Waals surface area (Å²) in [5.74, 6) is 0.927. The van der Waals surface area contributed by atoms with Crippen molar-refractivity contribution in [3.63, 3.8) is 0 Å². The van der Waals surface area contributed by atoms with Crippen LogP contribution in [-0.4, -0.2) is 74.2 Å². The Bertz CT molecular complexity index is 1390. The number of benzene rings is 2. The molecular weight excluding hydrogens is 442 g/mol. The predicted octanol–water partition coefficient (Wildman–Crippen LogP) is 2.66. The maximum absolute atomic E-state index is 12.8. The van der Waals surface area contributed by atoms with E-state index in [1.807, 2.05) is 37.2 Å². The molecule has 0 saturated carbocycles. The monoisotopic (exact) mass is 473 g/mol. The number of nitrogens with two attached hydrogens (primary N) is 1. The number of hydrogen-bond donors (Lipinski definition) is 4. The number of nitrogens with one attached hydrogen (secondary N) is 2. The van der Waals surface area contributed by atoms with E-state index in [1.54, 1.807) is 11.0 Å². The molecule has 3 heterocycles. The van der Waals surface area contributed by atoms with E-state index < -0.39 is 6.04 Å². The van der Waals surface area contributed by atoms with Gasteiger partial charge in [0.05, 0.1) is 29.5 Å². The second kappa shape index (κ2) is 9.16. The molecule has 1 amide bonds. The van der Waals surface area contributed by atoms with E-state index in [-0.39, 0.29) is 11.7 Å². The number of hydrogen-bond acceptors (Lipinski definition) is 6. The molecule has 0 fully saturated rings. The zero-order valence-corrected chi connectivity index (χ0v) is 20.3. The number of likely N-dealkylation sites (N-methyl/N-ethyl adjacent to an activating group) is 1. The summed E-state index contributed by atoms with van der Waals surface area (Å²) in [6.07, 6.45) is 1.51. The molecule has 0 unspecified atom stereocenters. The number of carbonyl (C=O) groups is 1. The van der Waals surface area contributed by atoms with Gasteiger partial charge < -0.3 is 25.6 Å². The lowest BCUT2D eigenvalue weighted by Crippen LogP contribution is -2.49. The van der Waals surface area contributed by atoms with Crippen molar-refractivity contribution in [2.45, 2.75) is 32.4 Å². The molecule has 1 aliphatic heterocycles. The minimum Gasteiger partial charge on any atom is -0.508 e. The van der Waals surface area contributed by atoms with Gasteiger partial charge in [-0.25, -0.2) is 4.98 Å². The fourth-order valence-electron chi connectivity index (χ4n) is 4.82. The summed E-state index contributed by atoms with van der Waals surface area (Å²) in [4.78, 5) is 24.7. The van der Waals surface area contributed by atoms with Crippen molar-refractivity contribution in [2.24, 2.45) is 5.73 Å². The van der Waals surface area contributed by atoms with Gasteiger partial charge in [0.1, 0.15) is 11.4 Å². The lowest BCUT2D eigenvalue weighted by molar-refractivity contribution is -0.133. The van der Waals surface area contributed by atoms with E-state index in [9.17, 15) is 9.90 Å². The van der Waals surface area contributed by atoms with E-state index in [0.29, 0.717) is 31.9 Å². The number of phenolic OH excluding ortho intramolecular Hbond substituents is 1. The third kappa shape index (κ3) is 4.40. The molecule has 35 heavy (non-hydrogen) atoms. The van der Waals surface area contributed by atoms with Gasteiger partial charge in [0, 0.05) is 24.9 Å². The number of phenols is 1. The van der Waals surface area contributed by atoms with Crippen LogP contribution in [0.25, 0.3) is 33.5 Å². The summed E-state index contributed by atoms with van der Waals surface area (Å²) in [6, 6.07) is 11.1. The number of rotatable bonds is 6. The molecule has 9 nitrogen and oxygen atoms in total. The number of aryl methyl sites for hydroxylation is 1. The summed E-state index contributed by atoms with van der Waals surface area (Å²) >= 11 is 0. The maximum atomic E-state index is 12.8. The number of fused-ring (bicyclic) bond motifs is 2. The Morgan fingerprint density at radius 1 is 1.26 bits per heavy atom. The van der Waals surface area contributed by atoms with E-state index in [2.05, 4.69) is 34.2 Å². The Balaban J connectivity index is 1.41. The first-order chi connectivity index (χ1) is 16.8. The Kier molecular flexibility index (Phi) is 6.04. The second-order valence-electron chi connectivity index (χ2n) is 9.42. The topological polar surface area (TPSA) is 127 Å². The van der Waals surface area contributed by atoms with Gasteiger partial charge in [0.25, 0.3) is 0 Å². The van der Waals surface area contributed by atoms with Gasteiger partial charge in [-0.2, -0.15) is 5.10 Å². The zero-order chi connectivity index (χ0) is 24.7. The van der Waals surface area contributed by atoms with Crippen LogP contribution in [0, 0.1) is 0 Å². The highest BCUT2D eigenvalue weighted by atomic mass is 16.3. The number of nitrogens with zero attached hydrogens (tertiary/aromatic N) is 4. The first-order valence-electron chi connectivity index (χ1n) is 11.9. The highest BCUT2D eigenvalue weighted by Crippen LogP contribution is 2.33. The van der Waals surface area contributed by atoms with E-state index in [1.165, 1.54) is 0 Å². The first-order valence-corrected chi connectivity index (χ1v) is 11.9. The Hall–Kier alpha value is -3.69. The number of carbonyl (C=O) groups excluding carboxylic acids is 1. The second-order valence-corrected chi connectivity index (χ2v) is 9.42. The molecule has 182 valence electrons. The molecule has 0 bridgehead atoms. The quantitative estimate of drug-likeness (QED) is 0.341. The van der Waals surface area contributed by atoms with Crippen LogP contribution in [0.1, 0.15) is 23.9 Å². The molecule has 1 aliphatic rings. The molecule has 2 aromatic carbocycles. The zero-order valence-electron chi connectivity index (χ0n) is 20.3. The molecule has 9 heteroatoms. The number of imidazole rings is 1.